The van der Waals surface area contributed by atoms with Gasteiger partial charge in [-0.3, -0.25) is 14.9 Å². The maximum absolute atomic E-state index is 6.00. The first-order valence-corrected chi connectivity index (χ1v) is 11.0. The zero-order chi connectivity index (χ0) is 19.5. The normalized spacial score (nSPS) is 20.4. The van der Waals surface area contributed by atoms with Gasteiger partial charge in [-0.15, -0.1) is 0 Å². The third-order valence-electron chi connectivity index (χ3n) is 5.89. The number of aryl methyl sites for hydroxylation is 2. The van der Waals surface area contributed by atoms with Crippen LogP contribution in [0.25, 0.3) is 0 Å². The average Bonchev–Trinajstić information content (AvgIpc) is 3.16. The van der Waals surface area contributed by atoms with E-state index in [1.807, 2.05) is 24.5 Å². The van der Waals surface area contributed by atoms with Crippen LogP contribution in [-0.2, 0) is 13.1 Å². The standard InChI is InChI=1S/C23H28N4S/c1-16-6-4-10-25-22(16)20-8-3-9-21(23-17(2)7-5-11-26-23)27(20)13-19-15-28-14-18(19)12-24/h4-7,10-11,14-15,20-21H,3,8-9,12-13,24H2,1-2H3/t20-,21+. The van der Waals surface area contributed by atoms with Crippen molar-refractivity contribution in [3.8, 4) is 0 Å². The summed E-state index contributed by atoms with van der Waals surface area (Å²) in [5.74, 6) is 0. The van der Waals surface area contributed by atoms with E-state index in [1.165, 1.54) is 40.1 Å². The molecular weight excluding hydrogens is 364 g/mol. The summed E-state index contributed by atoms with van der Waals surface area (Å²) in [6, 6.07) is 8.99. The van der Waals surface area contributed by atoms with Crippen LogP contribution in [0.15, 0.2) is 47.4 Å². The van der Waals surface area contributed by atoms with E-state index in [0.29, 0.717) is 18.6 Å². The molecule has 2 N–H and O–H groups in total. The number of nitrogens with zero attached hydrogens (tertiary/aromatic N) is 3. The maximum Gasteiger partial charge on any atom is 0.0604 e. The summed E-state index contributed by atoms with van der Waals surface area (Å²) in [6.07, 6.45) is 7.29. The molecule has 28 heavy (non-hydrogen) atoms. The summed E-state index contributed by atoms with van der Waals surface area (Å²) in [6.45, 7) is 5.82. The van der Waals surface area contributed by atoms with Gasteiger partial charge in [0, 0.05) is 25.5 Å². The number of hydrogen-bond donors (Lipinski definition) is 1. The molecule has 0 aliphatic carbocycles. The van der Waals surface area contributed by atoms with Gasteiger partial charge in [0.15, 0.2) is 0 Å². The molecule has 146 valence electrons. The topological polar surface area (TPSA) is 55.0 Å². The largest absolute Gasteiger partial charge is 0.326 e. The second kappa shape index (κ2) is 8.52. The maximum atomic E-state index is 6.00. The van der Waals surface area contributed by atoms with E-state index in [-0.39, 0.29) is 0 Å². The van der Waals surface area contributed by atoms with Crippen molar-refractivity contribution in [3.05, 3.63) is 81.1 Å². The minimum Gasteiger partial charge on any atom is -0.326 e. The van der Waals surface area contributed by atoms with Crippen molar-refractivity contribution in [2.45, 2.75) is 58.3 Å². The van der Waals surface area contributed by atoms with Crippen LogP contribution in [0.5, 0.6) is 0 Å². The molecular formula is C23H28N4S. The molecule has 1 fully saturated rings. The lowest BCUT2D eigenvalue weighted by atomic mass is 9.88. The Morgan fingerprint density at radius 3 is 2.07 bits per heavy atom. The van der Waals surface area contributed by atoms with Crippen molar-refractivity contribution in [1.29, 1.82) is 0 Å². The van der Waals surface area contributed by atoms with Gasteiger partial charge in [-0.25, -0.2) is 0 Å². The molecule has 4 heterocycles. The molecule has 0 amide bonds. The summed E-state index contributed by atoms with van der Waals surface area (Å²) in [4.78, 5) is 12.2. The van der Waals surface area contributed by atoms with E-state index in [9.17, 15) is 0 Å². The Morgan fingerprint density at radius 1 is 0.964 bits per heavy atom. The fourth-order valence-corrected chi connectivity index (χ4v) is 5.29. The average molecular weight is 393 g/mol. The molecule has 0 unspecified atom stereocenters. The minimum atomic E-state index is 0.298. The third kappa shape index (κ3) is 3.75. The van der Waals surface area contributed by atoms with Crippen molar-refractivity contribution in [3.63, 3.8) is 0 Å². The lowest BCUT2D eigenvalue weighted by Crippen LogP contribution is -2.37. The van der Waals surface area contributed by atoms with Crippen molar-refractivity contribution < 1.29 is 0 Å². The van der Waals surface area contributed by atoms with Gasteiger partial charge in [0.05, 0.1) is 23.5 Å². The van der Waals surface area contributed by atoms with E-state index in [0.717, 1.165) is 19.4 Å². The molecule has 1 aliphatic heterocycles. The van der Waals surface area contributed by atoms with Crippen LogP contribution in [0.2, 0.25) is 0 Å². The van der Waals surface area contributed by atoms with Gasteiger partial charge in [-0.1, -0.05) is 12.1 Å². The minimum absolute atomic E-state index is 0.298. The predicted octanol–water partition coefficient (Wildman–Crippen LogP) is 5.08. The van der Waals surface area contributed by atoms with Crippen LogP contribution in [-0.4, -0.2) is 14.9 Å². The fraction of sp³-hybridized carbons (Fsp3) is 0.391. The van der Waals surface area contributed by atoms with Gasteiger partial charge in [0.25, 0.3) is 0 Å². The number of likely N-dealkylation sites (tertiary alicyclic amines) is 1. The third-order valence-corrected chi connectivity index (χ3v) is 6.73. The number of piperidine rings is 1. The second-order valence-electron chi connectivity index (χ2n) is 7.67. The smallest absolute Gasteiger partial charge is 0.0604 e. The van der Waals surface area contributed by atoms with Gasteiger partial charge in [-0.2, -0.15) is 11.3 Å². The van der Waals surface area contributed by atoms with E-state index < -0.39 is 0 Å². The van der Waals surface area contributed by atoms with Crippen molar-refractivity contribution in [2.75, 3.05) is 0 Å². The number of rotatable bonds is 5. The predicted molar refractivity (Wildman–Crippen MR) is 115 cm³/mol. The van der Waals surface area contributed by atoms with Gasteiger partial charge >= 0.3 is 0 Å². The van der Waals surface area contributed by atoms with Crippen molar-refractivity contribution in [2.24, 2.45) is 5.73 Å². The summed E-state index contributed by atoms with van der Waals surface area (Å²) >= 11 is 1.74. The number of thiophene rings is 1. The van der Waals surface area contributed by atoms with Crippen molar-refractivity contribution >= 4 is 11.3 Å². The SMILES string of the molecule is Cc1cccnc1[C@H]1CCC[C@@H](c2ncccc2C)N1Cc1cscc1CN. The van der Waals surface area contributed by atoms with Crippen LogP contribution in [0.1, 0.15) is 65.0 Å². The highest BCUT2D eigenvalue weighted by atomic mass is 32.1. The first-order chi connectivity index (χ1) is 13.7. The van der Waals surface area contributed by atoms with E-state index >= 15 is 0 Å². The zero-order valence-corrected chi connectivity index (χ0v) is 17.5. The van der Waals surface area contributed by atoms with Gasteiger partial charge in [0.1, 0.15) is 0 Å². The summed E-state index contributed by atoms with van der Waals surface area (Å²) in [5, 5.41) is 4.43. The Morgan fingerprint density at radius 2 is 1.54 bits per heavy atom. The molecule has 0 radical (unpaired) electrons. The van der Waals surface area contributed by atoms with Crippen LogP contribution >= 0.6 is 11.3 Å². The molecule has 0 aromatic carbocycles. The zero-order valence-electron chi connectivity index (χ0n) is 16.6. The Labute approximate surface area is 171 Å². The Hall–Kier alpha value is -2.08. The number of hydrogen-bond acceptors (Lipinski definition) is 5. The molecule has 5 heteroatoms. The first kappa shape index (κ1) is 19.2. The molecule has 1 saturated heterocycles. The van der Waals surface area contributed by atoms with Crippen molar-refractivity contribution in [1.82, 2.24) is 14.9 Å². The van der Waals surface area contributed by atoms with Gasteiger partial charge < -0.3 is 5.73 Å². The molecule has 1 aliphatic rings. The summed E-state index contributed by atoms with van der Waals surface area (Å²) < 4.78 is 0. The number of aromatic nitrogens is 2. The van der Waals surface area contributed by atoms with Gasteiger partial charge in [0.2, 0.25) is 0 Å². The molecule has 0 saturated carbocycles. The van der Waals surface area contributed by atoms with E-state index in [1.54, 1.807) is 11.3 Å². The molecule has 3 aromatic rings. The van der Waals surface area contributed by atoms with E-state index in [2.05, 4.69) is 41.6 Å². The van der Waals surface area contributed by atoms with E-state index in [4.69, 9.17) is 15.7 Å². The second-order valence-corrected chi connectivity index (χ2v) is 8.42. The van der Waals surface area contributed by atoms with Gasteiger partial charge in [-0.05, 0) is 78.3 Å². The first-order valence-electron chi connectivity index (χ1n) is 10.0. The highest BCUT2D eigenvalue weighted by Gasteiger charge is 2.35. The number of nitrogens with two attached hydrogens (primary N) is 1. The molecule has 2 atom stereocenters. The highest BCUT2D eigenvalue weighted by molar-refractivity contribution is 7.08. The van der Waals surface area contributed by atoms with Crippen LogP contribution in [0, 0.1) is 13.8 Å². The molecule has 4 nitrogen and oxygen atoms in total. The monoisotopic (exact) mass is 392 g/mol. The Bertz CT molecular complexity index is 882. The summed E-state index contributed by atoms with van der Waals surface area (Å²) in [7, 11) is 0. The lowest BCUT2D eigenvalue weighted by Gasteiger charge is -2.42. The summed E-state index contributed by atoms with van der Waals surface area (Å²) in [5.41, 5.74) is 13.5. The van der Waals surface area contributed by atoms with Crippen LogP contribution in [0.4, 0.5) is 0 Å². The number of pyridine rings is 2. The Balaban J connectivity index is 1.77. The molecule has 0 spiro atoms. The van der Waals surface area contributed by atoms with Crippen LogP contribution in [0.3, 0.4) is 0 Å². The molecule has 3 aromatic heterocycles. The highest BCUT2D eigenvalue weighted by Crippen LogP contribution is 2.43. The molecule has 4 rings (SSSR count). The lowest BCUT2D eigenvalue weighted by molar-refractivity contribution is 0.0677. The van der Waals surface area contributed by atoms with Crippen LogP contribution < -0.4 is 5.73 Å². The molecule has 0 bridgehead atoms. The Kier molecular flexibility index (Phi) is 5.85. The quantitative estimate of drug-likeness (QED) is 0.658. The fourth-order valence-electron chi connectivity index (χ4n) is 4.42.